The monoisotopic (exact) mass is 207 g/mol. The second-order valence-electron chi connectivity index (χ2n) is 4.25. The molecule has 0 radical (unpaired) electrons. The Bertz CT molecular complexity index is 296. The van der Waals surface area contributed by atoms with Crippen LogP contribution in [-0.4, -0.2) is 27.4 Å². The molecule has 1 aliphatic carbocycles. The smallest absolute Gasteiger partial charge is 0.0771 e. The highest BCUT2D eigenvalue weighted by Crippen LogP contribution is 2.28. The largest absolute Gasteiger partial charge is 0.389 e. The van der Waals surface area contributed by atoms with Crippen molar-refractivity contribution in [2.24, 2.45) is 0 Å². The number of hydrogen-bond donors (Lipinski definition) is 2. The maximum atomic E-state index is 10.1. The maximum Gasteiger partial charge on any atom is 0.0771 e. The van der Waals surface area contributed by atoms with Crippen LogP contribution in [0.1, 0.15) is 31.4 Å². The second-order valence-corrected chi connectivity index (χ2v) is 4.25. The van der Waals surface area contributed by atoms with Gasteiger partial charge in [-0.05, 0) is 25.0 Å². The van der Waals surface area contributed by atoms with Gasteiger partial charge in [-0.2, -0.15) is 10.2 Å². The number of aliphatic hydroxyl groups is 1. The Balaban J connectivity index is 1.75. The average molecular weight is 207 g/mol. The summed E-state index contributed by atoms with van der Waals surface area (Å²) in [5.41, 5.74) is 0.432. The summed E-state index contributed by atoms with van der Waals surface area (Å²) in [5.74, 6) is 0. The topological polar surface area (TPSA) is 58.0 Å². The van der Waals surface area contributed by atoms with Gasteiger partial charge in [-0.15, -0.1) is 0 Å². The zero-order valence-electron chi connectivity index (χ0n) is 8.82. The van der Waals surface area contributed by atoms with Crippen LogP contribution in [-0.2, 0) is 6.54 Å². The number of nitrogens with zero attached hydrogens (tertiary/aromatic N) is 2. The van der Waals surface area contributed by atoms with Crippen LogP contribution in [0.3, 0.4) is 0 Å². The van der Waals surface area contributed by atoms with Crippen LogP contribution in [0.4, 0.5) is 0 Å². The van der Waals surface area contributed by atoms with Crippen LogP contribution in [0.2, 0.25) is 0 Å². The summed E-state index contributed by atoms with van der Waals surface area (Å²) >= 11 is 0. The van der Waals surface area contributed by atoms with Crippen molar-refractivity contribution < 1.29 is 5.11 Å². The lowest BCUT2D eigenvalue weighted by atomic mass is 10.0. The standard InChI is InChI=1S/C11H17N3O/c15-11(5-1-2-6-11)9-12-8-10-4-3-7-13-14-10/h3-4,7,12,15H,1-2,5-6,8-9H2. The van der Waals surface area contributed by atoms with E-state index in [1.54, 1.807) is 6.20 Å². The van der Waals surface area contributed by atoms with Gasteiger partial charge in [0.2, 0.25) is 0 Å². The lowest BCUT2D eigenvalue weighted by Crippen LogP contribution is -2.37. The van der Waals surface area contributed by atoms with Gasteiger partial charge in [0.1, 0.15) is 0 Å². The molecule has 0 saturated heterocycles. The molecule has 0 spiro atoms. The van der Waals surface area contributed by atoms with Crippen LogP contribution < -0.4 is 5.32 Å². The van der Waals surface area contributed by atoms with E-state index in [1.165, 1.54) is 0 Å². The van der Waals surface area contributed by atoms with Crippen molar-refractivity contribution in [3.05, 3.63) is 24.0 Å². The minimum Gasteiger partial charge on any atom is -0.389 e. The normalized spacial score (nSPS) is 19.3. The molecule has 2 rings (SSSR count). The predicted molar refractivity (Wildman–Crippen MR) is 57.2 cm³/mol. The van der Waals surface area contributed by atoms with Crippen LogP contribution >= 0.6 is 0 Å². The molecule has 1 fully saturated rings. The average Bonchev–Trinajstić information content (AvgIpc) is 2.67. The fourth-order valence-corrected chi connectivity index (χ4v) is 2.06. The molecule has 2 N–H and O–H groups in total. The summed E-state index contributed by atoms with van der Waals surface area (Å²) < 4.78 is 0. The first-order chi connectivity index (χ1) is 7.29. The Hall–Kier alpha value is -1.00. The van der Waals surface area contributed by atoms with Gasteiger partial charge in [-0.1, -0.05) is 12.8 Å². The molecule has 1 aliphatic rings. The Labute approximate surface area is 89.7 Å². The van der Waals surface area contributed by atoms with Gasteiger partial charge >= 0.3 is 0 Å². The highest BCUT2D eigenvalue weighted by molar-refractivity contribution is 4.99. The summed E-state index contributed by atoms with van der Waals surface area (Å²) in [5, 5.41) is 21.1. The Morgan fingerprint density at radius 3 is 2.87 bits per heavy atom. The van der Waals surface area contributed by atoms with Gasteiger partial charge in [0.15, 0.2) is 0 Å². The molecule has 82 valence electrons. The predicted octanol–water partition coefficient (Wildman–Crippen LogP) is 0.871. The quantitative estimate of drug-likeness (QED) is 0.769. The minimum atomic E-state index is -0.484. The van der Waals surface area contributed by atoms with Gasteiger partial charge in [-0.25, -0.2) is 0 Å². The number of nitrogens with one attached hydrogen (secondary N) is 1. The third-order valence-electron chi connectivity index (χ3n) is 2.92. The van der Waals surface area contributed by atoms with Gasteiger partial charge in [0.25, 0.3) is 0 Å². The van der Waals surface area contributed by atoms with E-state index in [0.717, 1.165) is 31.4 Å². The maximum absolute atomic E-state index is 10.1. The number of aromatic nitrogens is 2. The van der Waals surface area contributed by atoms with Crippen molar-refractivity contribution >= 4 is 0 Å². The summed E-state index contributed by atoms with van der Waals surface area (Å²) in [6.07, 6.45) is 5.78. The first-order valence-electron chi connectivity index (χ1n) is 5.48. The molecule has 0 amide bonds. The highest BCUT2D eigenvalue weighted by atomic mass is 16.3. The van der Waals surface area contributed by atoms with Crippen LogP contribution in [0.5, 0.6) is 0 Å². The molecule has 1 aromatic heterocycles. The van der Waals surface area contributed by atoms with Crippen LogP contribution in [0.15, 0.2) is 18.3 Å². The summed E-state index contributed by atoms with van der Waals surface area (Å²) in [7, 11) is 0. The van der Waals surface area contributed by atoms with E-state index in [1.807, 2.05) is 12.1 Å². The molecular formula is C11H17N3O. The molecule has 4 nitrogen and oxygen atoms in total. The Morgan fingerprint density at radius 1 is 1.40 bits per heavy atom. The van der Waals surface area contributed by atoms with Crippen LogP contribution in [0.25, 0.3) is 0 Å². The molecule has 15 heavy (non-hydrogen) atoms. The lowest BCUT2D eigenvalue weighted by Gasteiger charge is -2.22. The SMILES string of the molecule is OC1(CNCc2cccnn2)CCCC1. The summed E-state index contributed by atoms with van der Waals surface area (Å²) in [4.78, 5) is 0. The first-order valence-corrected chi connectivity index (χ1v) is 5.48. The van der Waals surface area contributed by atoms with E-state index >= 15 is 0 Å². The van der Waals surface area contributed by atoms with E-state index in [9.17, 15) is 5.11 Å². The fraction of sp³-hybridized carbons (Fsp3) is 0.636. The van der Waals surface area contributed by atoms with Gasteiger partial charge < -0.3 is 10.4 Å². The molecule has 4 heteroatoms. The second kappa shape index (κ2) is 4.68. The molecule has 0 bridgehead atoms. The summed E-state index contributed by atoms with van der Waals surface area (Å²) in [6.45, 7) is 1.33. The summed E-state index contributed by atoms with van der Waals surface area (Å²) in [6, 6.07) is 3.80. The number of rotatable bonds is 4. The molecule has 1 saturated carbocycles. The number of hydrogen-bond acceptors (Lipinski definition) is 4. The van der Waals surface area contributed by atoms with Crippen molar-refractivity contribution in [3.63, 3.8) is 0 Å². The van der Waals surface area contributed by atoms with Crippen LogP contribution in [0, 0.1) is 0 Å². The Kier molecular flexibility index (Phi) is 3.28. The molecule has 0 unspecified atom stereocenters. The molecular weight excluding hydrogens is 190 g/mol. The van der Waals surface area contributed by atoms with Crippen molar-refractivity contribution in [3.8, 4) is 0 Å². The van der Waals surface area contributed by atoms with Gasteiger partial charge in [0.05, 0.1) is 11.3 Å². The van der Waals surface area contributed by atoms with E-state index in [2.05, 4.69) is 15.5 Å². The van der Waals surface area contributed by atoms with Crippen molar-refractivity contribution in [1.29, 1.82) is 0 Å². The van der Waals surface area contributed by atoms with Crippen molar-refractivity contribution in [2.45, 2.75) is 37.8 Å². The van der Waals surface area contributed by atoms with Crippen molar-refractivity contribution in [1.82, 2.24) is 15.5 Å². The van der Waals surface area contributed by atoms with Gasteiger partial charge in [0, 0.05) is 19.3 Å². The Morgan fingerprint density at radius 2 is 2.20 bits per heavy atom. The zero-order chi connectivity index (χ0) is 10.6. The third kappa shape index (κ3) is 2.97. The van der Waals surface area contributed by atoms with E-state index in [-0.39, 0.29) is 0 Å². The third-order valence-corrected chi connectivity index (χ3v) is 2.92. The van der Waals surface area contributed by atoms with Gasteiger partial charge in [-0.3, -0.25) is 0 Å². The van der Waals surface area contributed by atoms with E-state index in [0.29, 0.717) is 13.1 Å². The highest BCUT2D eigenvalue weighted by Gasteiger charge is 2.30. The molecule has 0 atom stereocenters. The molecule has 1 heterocycles. The molecule has 1 aromatic rings. The minimum absolute atomic E-state index is 0.484. The van der Waals surface area contributed by atoms with Crippen molar-refractivity contribution in [2.75, 3.05) is 6.54 Å². The zero-order valence-corrected chi connectivity index (χ0v) is 8.82. The fourth-order valence-electron chi connectivity index (χ4n) is 2.06. The van der Waals surface area contributed by atoms with E-state index in [4.69, 9.17) is 0 Å². The molecule has 0 aliphatic heterocycles. The first kappa shape index (κ1) is 10.5. The van der Waals surface area contributed by atoms with E-state index < -0.39 is 5.60 Å². The lowest BCUT2D eigenvalue weighted by molar-refractivity contribution is 0.0474. The molecule has 0 aromatic carbocycles.